The molecule has 0 aliphatic carbocycles. The number of rotatable bonds is 17. The molecule has 0 amide bonds. The van der Waals surface area contributed by atoms with Crippen molar-refractivity contribution in [3.8, 4) is 0 Å². The zero-order valence-corrected chi connectivity index (χ0v) is 29.8. The van der Waals surface area contributed by atoms with Gasteiger partial charge < -0.3 is 28.5 Å². The first-order valence-corrected chi connectivity index (χ1v) is 16.9. The Morgan fingerprint density at radius 1 is 0.432 bits per heavy atom. The molecule has 230 valence electrons. The summed E-state index contributed by atoms with van der Waals surface area (Å²) in [6.07, 6.45) is -2.84. The van der Waals surface area contributed by atoms with E-state index in [2.05, 4.69) is 63.7 Å². The third-order valence-electron chi connectivity index (χ3n) is 6.80. The lowest BCUT2D eigenvalue weighted by molar-refractivity contribution is -0.187. The van der Waals surface area contributed by atoms with Crippen LogP contribution in [0.3, 0.4) is 0 Å². The van der Waals surface area contributed by atoms with Gasteiger partial charge in [0.2, 0.25) is 0 Å². The minimum absolute atomic E-state index is 0.125. The monoisotopic (exact) mass is 850 g/mol. The number of hydrogen-bond acceptors (Lipinski definition) is 6. The molecule has 0 bridgehead atoms. The second-order valence-electron chi connectivity index (χ2n) is 9.74. The van der Waals surface area contributed by atoms with Gasteiger partial charge in [-0.05, 0) is 46.5 Å². The molecule has 0 aliphatic heterocycles. The van der Waals surface area contributed by atoms with Crippen molar-refractivity contribution in [1.29, 1.82) is 0 Å². The van der Waals surface area contributed by atoms with E-state index in [9.17, 15) is 9.59 Å². The van der Waals surface area contributed by atoms with Crippen LogP contribution >= 0.6 is 63.7 Å². The molecule has 6 nitrogen and oxygen atoms in total. The smallest absolute Gasteiger partial charge is 0.151 e. The Kier molecular flexibility index (Phi) is 14.4. The van der Waals surface area contributed by atoms with Crippen molar-refractivity contribution >= 4 is 76.3 Å². The number of ether oxygens (including phenoxy) is 4. The summed E-state index contributed by atoms with van der Waals surface area (Å²) in [6, 6.07) is 30.4. The van der Waals surface area contributed by atoms with E-state index >= 15 is 0 Å². The molecule has 0 saturated carbocycles. The summed E-state index contributed by atoms with van der Waals surface area (Å²) in [6.45, 7) is 0.500. The lowest BCUT2D eigenvalue weighted by Crippen LogP contribution is -2.50. The highest BCUT2D eigenvalue weighted by Crippen LogP contribution is 2.27. The molecule has 0 saturated heterocycles. The molecule has 4 aromatic rings. The van der Waals surface area contributed by atoms with Gasteiger partial charge in [-0.2, -0.15) is 0 Å². The molecular weight excluding hydrogens is 824 g/mol. The standard InChI is InChI=1S/C34H30Br4O6/c35-27-13-5-1-9-23(27)19-41-31(17-39)33(43-21-25-11-3-7-15-29(25)37)34(44-22-26-12-4-8-16-30(26)38)32(18-40)42-20-24-10-2-6-14-28(24)36/h1-18,31-34H,19-22H2/t31-,32-,33-,34-/m1/s1. The predicted octanol–water partition coefficient (Wildman–Crippen LogP) is 8.78. The van der Waals surface area contributed by atoms with Gasteiger partial charge >= 0.3 is 0 Å². The van der Waals surface area contributed by atoms with E-state index in [0.717, 1.165) is 40.1 Å². The summed E-state index contributed by atoms with van der Waals surface area (Å²) in [5.41, 5.74) is 3.42. The van der Waals surface area contributed by atoms with Gasteiger partial charge in [-0.25, -0.2) is 0 Å². The second kappa shape index (κ2) is 18.2. The lowest BCUT2D eigenvalue weighted by atomic mass is 10.0. The Morgan fingerprint density at radius 3 is 0.932 bits per heavy atom. The first kappa shape index (κ1) is 34.8. The van der Waals surface area contributed by atoms with Gasteiger partial charge in [0.25, 0.3) is 0 Å². The second-order valence-corrected chi connectivity index (χ2v) is 13.2. The van der Waals surface area contributed by atoms with Crippen LogP contribution in [-0.4, -0.2) is 37.0 Å². The molecule has 0 aliphatic rings. The first-order chi connectivity index (χ1) is 21.4. The maximum atomic E-state index is 12.7. The number of carbonyl (C=O) groups is 2. The summed E-state index contributed by atoms with van der Waals surface area (Å²) < 4.78 is 28.6. The Bertz CT molecular complexity index is 1400. The molecule has 0 radical (unpaired) electrons. The van der Waals surface area contributed by atoms with Crippen LogP contribution in [-0.2, 0) is 55.0 Å². The zero-order chi connectivity index (χ0) is 31.3. The summed E-state index contributed by atoms with van der Waals surface area (Å²) in [7, 11) is 0. The minimum atomic E-state index is -1.09. The highest BCUT2D eigenvalue weighted by molar-refractivity contribution is 9.11. The van der Waals surface area contributed by atoms with Crippen LogP contribution in [0.15, 0.2) is 115 Å². The number of halogens is 4. The largest absolute Gasteiger partial charge is 0.367 e. The highest BCUT2D eigenvalue weighted by atomic mass is 79.9. The van der Waals surface area contributed by atoms with Crippen LogP contribution in [0.5, 0.6) is 0 Å². The summed E-state index contributed by atoms with van der Waals surface area (Å²) in [5.74, 6) is 0. The van der Waals surface area contributed by atoms with Crippen molar-refractivity contribution in [1.82, 2.24) is 0 Å². The fraction of sp³-hybridized carbons (Fsp3) is 0.235. The Balaban J connectivity index is 1.67. The summed E-state index contributed by atoms with van der Waals surface area (Å²) in [4.78, 5) is 25.3. The van der Waals surface area contributed by atoms with Crippen LogP contribution in [0.4, 0.5) is 0 Å². The van der Waals surface area contributed by atoms with Gasteiger partial charge in [0.1, 0.15) is 24.4 Å². The van der Waals surface area contributed by atoms with E-state index in [1.807, 2.05) is 97.1 Å². The van der Waals surface area contributed by atoms with Gasteiger partial charge in [0.05, 0.1) is 26.4 Å². The van der Waals surface area contributed by atoms with Crippen LogP contribution in [0, 0.1) is 0 Å². The normalized spacial score (nSPS) is 14.0. The SMILES string of the molecule is O=C[C@@H](OCc1ccccc1Br)[C@@H](OCc1ccccc1Br)[C@H](OCc1ccccc1Br)[C@@H](C=O)OCc1ccccc1Br. The van der Waals surface area contributed by atoms with Crippen molar-refractivity contribution in [3.63, 3.8) is 0 Å². The van der Waals surface area contributed by atoms with Crippen LogP contribution in [0.25, 0.3) is 0 Å². The van der Waals surface area contributed by atoms with Crippen molar-refractivity contribution in [2.24, 2.45) is 0 Å². The van der Waals surface area contributed by atoms with Crippen molar-refractivity contribution in [2.75, 3.05) is 0 Å². The van der Waals surface area contributed by atoms with Gasteiger partial charge in [-0.1, -0.05) is 137 Å². The maximum Gasteiger partial charge on any atom is 0.151 e. The molecule has 0 unspecified atom stereocenters. The van der Waals surface area contributed by atoms with Crippen LogP contribution in [0.1, 0.15) is 22.3 Å². The summed E-state index contributed by atoms with van der Waals surface area (Å²) in [5, 5.41) is 0. The number of aldehydes is 2. The molecule has 0 spiro atoms. The van der Waals surface area contributed by atoms with E-state index in [0.29, 0.717) is 12.6 Å². The molecule has 4 rings (SSSR count). The van der Waals surface area contributed by atoms with Crippen molar-refractivity contribution in [3.05, 3.63) is 137 Å². The van der Waals surface area contributed by atoms with Gasteiger partial charge in [0.15, 0.2) is 12.6 Å². The fourth-order valence-corrected chi connectivity index (χ4v) is 5.98. The first-order valence-electron chi connectivity index (χ1n) is 13.7. The Hall–Kier alpha value is -2.02. The third kappa shape index (κ3) is 9.99. The zero-order valence-electron chi connectivity index (χ0n) is 23.5. The summed E-state index contributed by atoms with van der Waals surface area (Å²) >= 11 is 14.2. The molecule has 0 N–H and O–H groups in total. The average molecular weight is 854 g/mol. The number of carbonyl (C=O) groups excluding carboxylic acids is 2. The van der Waals surface area contributed by atoms with Gasteiger partial charge in [0, 0.05) is 17.9 Å². The average Bonchev–Trinajstić information content (AvgIpc) is 3.03. The fourth-order valence-electron chi connectivity index (χ4n) is 4.38. The van der Waals surface area contributed by atoms with E-state index in [1.165, 1.54) is 0 Å². The Morgan fingerprint density at radius 2 is 0.682 bits per heavy atom. The number of hydrogen-bond donors (Lipinski definition) is 0. The third-order valence-corrected chi connectivity index (χ3v) is 9.89. The molecule has 0 heterocycles. The van der Waals surface area contributed by atoms with E-state index in [1.54, 1.807) is 0 Å². The topological polar surface area (TPSA) is 71.1 Å². The molecule has 4 atom stereocenters. The maximum absolute atomic E-state index is 12.7. The van der Waals surface area contributed by atoms with Gasteiger partial charge in [-0.15, -0.1) is 0 Å². The van der Waals surface area contributed by atoms with E-state index in [-0.39, 0.29) is 26.4 Å². The van der Waals surface area contributed by atoms with E-state index < -0.39 is 24.4 Å². The molecular formula is C34H30Br4O6. The van der Waals surface area contributed by atoms with Crippen LogP contribution < -0.4 is 0 Å². The predicted molar refractivity (Wildman–Crippen MR) is 183 cm³/mol. The minimum Gasteiger partial charge on any atom is -0.367 e. The van der Waals surface area contributed by atoms with Gasteiger partial charge in [-0.3, -0.25) is 0 Å². The molecule has 10 heteroatoms. The Labute approximate surface area is 290 Å². The quantitative estimate of drug-likeness (QED) is 0.0991. The molecule has 4 aromatic carbocycles. The molecule has 0 aromatic heterocycles. The molecule has 0 fully saturated rings. The number of benzene rings is 4. The van der Waals surface area contributed by atoms with Crippen LogP contribution in [0.2, 0.25) is 0 Å². The van der Waals surface area contributed by atoms with E-state index in [4.69, 9.17) is 18.9 Å². The molecule has 44 heavy (non-hydrogen) atoms. The lowest BCUT2D eigenvalue weighted by Gasteiger charge is -2.34. The van der Waals surface area contributed by atoms with Crippen molar-refractivity contribution in [2.45, 2.75) is 50.8 Å². The van der Waals surface area contributed by atoms with Crippen molar-refractivity contribution < 1.29 is 28.5 Å². The highest BCUT2D eigenvalue weighted by Gasteiger charge is 2.39.